The van der Waals surface area contributed by atoms with Gasteiger partial charge in [0, 0.05) is 36.4 Å². The van der Waals surface area contributed by atoms with Crippen molar-refractivity contribution < 1.29 is 48.3 Å². The molecular formula is C22H23F11N4. The zero-order valence-electron chi connectivity index (χ0n) is 20.0. The highest BCUT2D eigenvalue weighted by molar-refractivity contribution is 5.47. The molecule has 0 saturated heterocycles. The van der Waals surface area contributed by atoms with Gasteiger partial charge < -0.3 is 0 Å². The van der Waals surface area contributed by atoms with E-state index in [1.807, 2.05) is 0 Å². The lowest BCUT2D eigenvalue weighted by molar-refractivity contribution is -0.142. The third-order valence-electron chi connectivity index (χ3n) is 6.75. The van der Waals surface area contributed by atoms with E-state index in [1.54, 1.807) is 13.8 Å². The zero-order valence-corrected chi connectivity index (χ0v) is 20.0. The van der Waals surface area contributed by atoms with Crippen molar-refractivity contribution >= 4 is 0 Å². The second-order valence-corrected chi connectivity index (χ2v) is 10.1. The van der Waals surface area contributed by atoms with Crippen LogP contribution in [0.25, 0.3) is 0 Å². The molecule has 2 aromatic heterocycles. The summed E-state index contributed by atoms with van der Waals surface area (Å²) in [5, 5.41) is 6.68. The number of halogens is 11. The second kappa shape index (κ2) is 8.32. The van der Waals surface area contributed by atoms with Gasteiger partial charge in [-0.05, 0) is 40.0 Å². The van der Waals surface area contributed by atoms with E-state index in [1.165, 1.54) is 13.8 Å². The van der Waals surface area contributed by atoms with E-state index >= 15 is 0 Å². The maximum absolute atomic E-state index is 14.0. The molecule has 3 aliphatic rings. The molecule has 5 rings (SSSR count). The molecule has 2 heterocycles. The molecule has 2 atom stereocenters. The number of hydrogen-bond donors (Lipinski definition) is 0. The van der Waals surface area contributed by atoms with Crippen molar-refractivity contribution in [1.82, 2.24) is 19.6 Å². The van der Waals surface area contributed by atoms with E-state index < -0.39 is 95.5 Å². The number of aromatic nitrogens is 4. The normalized spacial score (nSPS) is 24.6. The predicted octanol–water partition coefficient (Wildman–Crippen LogP) is 8.07. The molecular weight excluding hydrogens is 529 g/mol. The fourth-order valence-corrected chi connectivity index (χ4v) is 5.05. The second-order valence-electron chi connectivity index (χ2n) is 10.1. The van der Waals surface area contributed by atoms with Gasteiger partial charge in [-0.15, -0.1) is 0 Å². The Morgan fingerprint density at radius 1 is 0.811 bits per heavy atom. The Kier molecular flexibility index (Phi) is 6.23. The van der Waals surface area contributed by atoms with E-state index in [0.29, 0.717) is 4.68 Å². The van der Waals surface area contributed by atoms with Crippen LogP contribution in [0, 0.1) is 5.92 Å². The Morgan fingerprint density at radius 3 is 1.81 bits per heavy atom. The lowest BCUT2D eigenvalue weighted by atomic mass is 9.89. The summed E-state index contributed by atoms with van der Waals surface area (Å²) in [7, 11) is 0. The van der Waals surface area contributed by atoms with Crippen molar-refractivity contribution in [2.75, 3.05) is 0 Å². The molecule has 1 fully saturated rings. The van der Waals surface area contributed by atoms with Crippen LogP contribution in [-0.2, 0) is 23.9 Å². The Labute approximate surface area is 203 Å². The van der Waals surface area contributed by atoms with Gasteiger partial charge in [-0.2, -0.15) is 40.9 Å². The van der Waals surface area contributed by atoms with Crippen LogP contribution in [0.4, 0.5) is 48.3 Å². The number of hydrogen-bond acceptors (Lipinski definition) is 2. The van der Waals surface area contributed by atoms with Crippen LogP contribution in [0.1, 0.15) is 105 Å². The average molecular weight is 552 g/mol. The SMILES string of the molecule is CC(C)n1nc(C(F)(F)F)c2c1C(F)(F)[C@@H]1C[C@H]21.CC(C)n1nc(C(F)F)c2c1C(F)(F)CCC2(F)F. The summed E-state index contributed by atoms with van der Waals surface area (Å²) in [6, 6.07) is -1.22. The quantitative estimate of drug-likeness (QED) is 0.361. The van der Waals surface area contributed by atoms with Crippen molar-refractivity contribution in [1.29, 1.82) is 0 Å². The zero-order chi connectivity index (χ0) is 28.0. The van der Waals surface area contributed by atoms with E-state index in [0.717, 1.165) is 4.68 Å². The van der Waals surface area contributed by atoms with Crippen molar-refractivity contribution in [2.24, 2.45) is 5.92 Å². The molecule has 208 valence electrons. The molecule has 0 N–H and O–H groups in total. The predicted molar refractivity (Wildman–Crippen MR) is 107 cm³/mol. The van der Waals surface area contributed by atoms with Gasteiger partial charge in [0.1, 0.15) is 17.1 Å². The van der Waals surface area contributed by atoms with Gasteiger partial charge in [-0.3, -0.25) is 9.36 Å². The lowest BCUT2D eigenvalue weighted by Gasteiger charge is -2.30. The Hall–Kier alpha value is -2.35. The van der Waals surface area contributed by atoms with Crippen LogP contribution in [0.2, 0.25) is 0 Å². The highest BCUT2D eigenvalue weighted by Gasteiger charge is 2.68. The number of alkyl halides is 11. The molecule has 0 amide bonds. The lowest BCUT2D eigenvalue weighted by Crippen LogP contribution is -2.33. The van der Waals surface area contributed by atoms with E-state index in [9.17, 15) is 48.3 Å². The standard InChI is InChI=1S/C11H12F6N2.C11H11F5N2/c1-5(2)19-8-6(7(18-19)9(12)13)10(14,15)3-4-11(8,16)17;1-4(2)18-9-7(8(17-18)11(14,15)16)5-3-6(5)10(9,12)13/h5,9H,3-4H2,1-2H3;4-6H,3H2,1-2H3/t;5-,6+/m.0/s1. The summed E-state index contributed by atoms with van der Waals surface area (Å²) >= 11 is 0. The maximum atomic E-state index is 14.0. The molecule has 0 aromatic carbocycles. The van der Waals surface area contributed by atoms with Crippen molar-refractivity contribution in [3.63, 3.8) is 0 Å². The third-order valence-corrected chi connectivity index (χ3v) is 6.75. The number of rotatable bonds is 3. The average Bonchev–Trinajstić information content (AvgIpc) is 3.15. The molecule has 0 unspecified atom stereocenters. The van der Waals surface area contributed by atoms with Crippen LogP contribution in [0.5, 0.6) is 0 Å². The van der Waals surface area contributed by atoms with Gasteiger partial charge in [0.25, 0.3) is 24.2 Å². The molecule has 2 aromatic rings. The van der Waals surface area contributed by atoms with Gasteiger partial charge in [-0.1, -0.05) is 0 Å². The Bertz CT molecular complexity index is 1150. The highest BCUT2D eigenvalue weighted by Crippen LogP contribution is 2.68. The first-order chi connectivity index (χ1) is 16.7. The fourth-order valence-electron chi connectivity index (χ4n) is 5.05. The molecule has 3 aliphatic carbocycles. The first-order valence-corrected chi connectivity index (χ1v) is 11.5. The van der Waals surface area contributed by atoms with E-state index in [-0.39, 0.29) is 12.0 Å². The Balaban J connectivity index is 0.000000173. The summed E-state index contributed by atoms with van der Waals surface area (Å²) in [5.41, 5.74) is -5.54. The van der Waals surface area contributed by atoms with Crippen LogP contribution in [-0.4, -0.2) is 19.6 Å². The monoisotopic (exact) mass is 552 g/mol. The molecule has 15 heteroatoms. The minimum Gasteiger partial charge on any atom is -0.260 e. The van der Waals surface area contributed by atoms with Gasteiger partial charge in [-0.25, -0.2) is 17.6 Å². The fraction of sp³-hybridized carbons (Fsp3) is 0.727. The summed E-state index contributed by atoms with van der Waals surface area (Å²) in [4.78, 5) is 0. The first-order valence-electron chi connectivity index (χ1n) is 11.5. The van der Waals surface area contributed by atoms with E-state index in [4.69, 9.17) is 0 Å². The van der Waals surface area contributed by atoms with Crippen molar-refractivity contribution in [3.8, 4) is 0 Å². The topological polar surface area (TPSA) is 35.6 Å². The summed E-state index contributed by atoms with van der Waals surface area (Å²) in [5.74, 6) is -12.1. The molecule has 0 spiro atoms. The van der Waals surface area contributed by atoms with Gasteiger partial charge in [0.05, 0.1) is 5.56 Å². The minimum atomic E-state index is -4.67. The van der Waals surface area contributed by atoms with Crippen molar-refractivity contribution in [3.05, 3.63) is 33.9 Å². The minimum absolute atomic E-state index is 0.132. The summed E-state index contributed by atoms with van der Waals surface area (Å²) < 4.78 is 148. The number of nitrogens with zero attached hydrogens (tertiary/aromatic N) is 4. The van der Waals surface area contributed by atoms with E-state index in [2.05, 4.69) is 10.2 Å². The van der Waals surface area contributed by atoms with Gasteiger partial charge >= 0.3 is 6.18 Å². The molecule has 0 radical (unpaired) electrons. The van der Waals surface area contributed by atoms with Crippen LogP contribution >= 0.6 is 0 Å². The van der Waals surface area contributed by atoms with Crippen LogP contribution in [0.15, 0.2) is 0 Å². The molecule has 4 nitrogen and oxygen atoms in total. The highest BCUT2D eigenvalue weighted by atomic mass is 19.4. The summed E-state index contributed by atoms with van der Waals surface area (Å²) in [6.07, 6.45) is -10.1. The largest absolute Gasteiger partial charge is 0.435 e. The van der Waals surface area contributed by atoms with Crippen molar-refractivity contribution in [2.45, 2.75) is 95.3 Å². The molecule has 1 saturated carbocycles. The van der Waals surface area contributed by atoms with Crippen LogP contribution < -0.4 is 0 Å². The Morgan fingerprint density at radius 2 is 1.32 bits per heavy atom. The summed E-state index contributed by atoms with van der Waals surface area (Å²) in [6.45, 7) is 5.94. The van der Waals surface area contributed by atoms with Crippen LogP contribution in [0.3, 0.4) is 0 Å². The molecule has 37 heavy (non-hydrogen) atoms. The maximum Gasteiger partial charge on any atom is 0.435 e. The van der Waals surface area contributed by atoms with Gasteiger partial charge in [0.15, 0.2) is 5.69 Å². The third kappa shape index (κ3) is 4.29. The van der Waals surface area contributed by atoms with Gasteiger partial charge in [0.2, 0.25) is 0 Å². The smallest absolute Gasteiger partial charge is 0.260 e. The molecule has 0 aliphatic heterocycles. The number of fused-ring (bicyclic) bond motifs is 4. The molecule has 0 bridgehead atoms. The first kappa shape index (κ1) is 27.7.